The highest BCUT2D eigenvalue weighted by molar-refractivity contribution is 6.06. The molecule has 0 unspecified atom stereocenters. The van der Waals surface area contributed by atoms with E-state index in [-0.39, 0.29) is 17.6 Å². The second kappa shape index (κ2) is 5.67. The van der Waals surface area contributed by atoms with E-state index in [2.05, 4.69) is 10.6 Å². The number of carbonyl (C=O) groups excluding carboxylic acids is 3. The Balaban J connectivity index is 1.86. The Morgan fingerprint density at radius 3 is 2.50 bits per heavy atom. The van der Waals surface area contributed by atoms with Crippen LogP contribution in [0.2, 0.25) is 0 Å². The SMILES string of the molecule is CC(=O)c1cc2c(cc1NC(=O)[C@@H]1CCC(=O)N1)OCCO2. The van der Waals surface area contributed by atoms with Gasteiger partial charge in [-0.3, -0.25) is 14.4 Å². The van der Waals surface area contributed by atoms with Crippen LogP contribution in [-0.2, 0) is 9.59 Å². The number of hydrogen-bond acceptors (Lipinski definition) is 5. The van der Waals surface area contributed by atoms with Crippen LogP contribution in [0.1, 0.15) is 30.1 Å². The van der Waals surface area contributed by atoms with Crippen LogP contribution in [0.15, 0.2) is 12.1 Å². The van der Waals surface area contributed by atoms with Gasteiger partial charge in [0.1, 0.15) is 19.3 Å². The average molecular weight is 304 g/mol. The summed E-state index contributed by atoms with van der Waals surface area (Å²) in [6.07, 6.45) is 0.781. The first-order chi connectivity index (χ1) is 10.5. The summed E-state index contributed by atoms with van der Waals surface area (Å²) in [5, 5.41) is 5.29. The zero-order chi connectivity index (χ0) is 15.7. The van der Waals surface area contributed by atoms with Gasteiger partial charge in [0.2, 0.25) is 11.8 Å². The number of fused-ring (bicyclic) bond motifs is 1. The monoisotopic (exact) mass is 304 g/mol. The Morgan fingerprint density at radius 2 is 1.91 bits per heavy atom. The van der Waals surface area contributed by atoms with Crippen molar-refractivity contribution in [3.63, 3.8) is 0 Å². The van der Waals surface area contributed by atoms with E-state index in [9.17, 15) is 14.4 Å². The van der Waals surface area contributed by atoms with Crippen molar-refractivity contribution in [3.05, 3.63) is 17.7 Å². The van der Waals surface area contributed by atoms with Gasteiger partial charge in [0.05, 0.1) is 5.69 Å². The maximum absolute atomic E-state index is 12.2. The molecular weight excluding hydrogens is 288 g/mol. The fraction of sp³-hybridized carbons (Fsp3) is 0.400. The molecule has 1 saturated heterocycles. The number of ether oxygens (including phenoxy) is 2. The number of anilines is 1. The van der Waals surface area contributed by atoms with Gasteiger partial charge < -0.3 is 20.1 Å². The summed E-state index contributed by atoms with van der Waals surface area (Å²) < 4.78 is 10.9. The Kier molecular flexibility index (Phi) is 3.70. The molecule has 0 aliphatic carbocycles. The first kappa shape index (κ1) is 14.4. The summed E-state index contributed by atoms with van der Waals surface area (Å²) in [7, 11) is 0. The number of benzene rings is 1. The minimum Gasteiger partial charge on any atom is -0.486 e. The molecule has 3 rings (SSSR count). The molecule has 1 aromatic carbocycles. The lowest BCUT2D eigenvalue weighted by Gasteiger charge is -2.21. The van der Waals surface area contributed by atoms with Crippen LogP contribution in [0, 0.1) is 0 Å². The van der Waals surface area contributed by atoms with Crippen molar-refractivity contribution in [1.82, 2.24) is 5.32 Å². The highest BCUT2D eigenvalue weighted by Gasteiger charge is 2.28. The number of rotatable bonds is 3. The third-order valence-electron chi connectivity index (χ3n) is 3.63. The summed E-state index contributed by atoms with van der Waals surface area (Å²) in [4.78, 5) is 35.2. The summed E-state index contributed by atoms with van der Waals surface area (Å²) >= 11 is 0. The van der Waals surface area contributed by atoms with Gasteiger partial charge in [0.15, 0.2) is 17.3 Å². The molecule has 2 amide bonds. The van der Waals surface area contributed by atoms with E-state index in [1.807, 2.05) is 0 Å². The van der Waals surface area contributed by atoms with Crippen LogP contribution in [-0.4, -0.2) is 36.9 Å². The van der Waals surface area contributed by atoms with E-state index in [0.29, 0.717) is 48.8 Å². The molecule has 1 fully saturated rings. The molecule has 1 aromatic rings. The Hall–Kier alpha value is -2.57. The quantitative estimate of drug-likeness (QED) is 0.808. The molecule has 0 bridgehead atoms. The molecule has 22 heavy (non-hydrogen) atoms. The zero-order valence-electron chi connectivity index (χ0n) is 12.1. The minimum absolute atomic E-state index is 0.144. The van der Waals surface area contributed by atoms with E-state index in [4.69, 9.17) is 9.47 Å². The molecule has 0 radical (unpaired) electrons. The van der Waals surface area contributed by atoms with E-state index >= 15 is 0 Å². The molecule has 0 saturated carbocycles. The third-order valence-corrected chi connectivity index (χ3v) is 3.63. The van der Waals surface area contributed by atoms with Gasteiger partial charge in [0.25, 0.3) is 0 Å². The lowest BCUT2D eigenvalue weighted by Crippen LogP contribution is -2.37. The lowest BCUT2D eigenvalue weighted by molar-refractivity contribution is -0.122. The van der Waals surface area contributed by atoms with Crippen molar-refractivity contribution < 1.29 is 23.9 Å². The first-order valence-electron chi connectivity index (χ1n) is 7.09. The van der Waals surface area contributed by atoms with Crippen molar-refractivity contribution in [2.75, 3.05) is 18.5 Å². The molecule has 1 atom stereocenters. The van der Waals surface area contributed by atoms with Gasteiger partial charge in [0, 0.05) is 18.1 Å². The molecule has 2 aliphatic rings. The average Bonchev–Trinajstić information content (AvgIpc) is 2.93. The maximum Gasteiger partial charge on any atom is 0.246 e. The van der Waals surface area contributed by atoms with Gasteiger partial charge in [-0.15, -0.1) is 0 Å². The lowest BCUT2D eigenvalue weighted by atomic mass is 10.1. The van der Waals surface area contributed by atoms with Crippen molar-refractivity contribution in [1.29, 1.82) is 0 Å². The van der Waals surface area contributed by atoms with Crippen LogP contribution in [0.4, 0.5) is 5.69 Å². The maximum atomic E-state index is 12.2. The van der Waals surface area contributed by atoms with Gasteiger partial charge in [-0.25, -0.2) is 0 Å². The van der Waals surface area contributed by atoms with Crippen molar-refractivity contribution in [3.8, 4) is 11.5 Å². The largest absolute Gasteiger partial charge is 0.486 e. The molecule has 0 spiro atoms. The minimum atomic E-state index is -0.569. The molecule has 0 aromatic heterocycles. The van der Waals surface area contributed by atoms with Crippen LogP contribution < -0.4 is 20.1 Å². The van der Waals surface area contributed by atoms with Crippen molar-refractivity contribution in [2.45, 2.75) is 25.8 Å². The van der Waals surface area contributed by atoms with Crippen LogP contribution >= 0.6 is 0 Å². The number of hydrogen-bond donors (Lipinski definition) is 2. The fourth-order valence-corrected chi connectivity index (χ4v) is 2.51. The Labute approximate surface area is 127 Å². The number of ketones is 1. The van der Waals surface area contributed by atoms with Gasteiger partial charge in [-0.1, -0.05) is 0 Å². The van der Waals surface area contributed by atoms with E-state index < -0.39 is 6.04 Å². The zero-order valence-corrected chi connectivity index (χ0v) is 12.1. The number of nitrogens with one attached hydrogen (secondary N) is 2. The number of Topliss-reactive ketones (excluding diaryl/α,β-unsaturated/α-hetero) is 1. The predicted molar refractivity (Wildman–Crippen MR) is 77.2 cm³/mol. The van der Waals surface area contributed by atoms with E-state index in [1.54, 1.807) is 12.1 Å². The predicted octanol–water partition coefficient (Wildman–Crippen LogP) is 0.877. The third kappa shape index (κ3) is 2.74. The summed E-state index contributed by atoms with van der Waals surface area (Å²) in [6.45, 7) is 2.25. The van der Waals surface area contributed by atoms with E-state index in [1.165, 1.54) is 6.92 Å². The smallest absolute Gasteiger partial charge is 0.246 e. The van der Waals surface area contributed by atoms with Crippen molar-refractivity contribution in [2.24, 2.45) is 0 Å². The summed E-state index contributed by atoms with van der Waals surface area (Å²) in [5.41, 5.74) is 0.713. The van der Waals surface area contributed by atoms with Crippen molar-refractivity contribution >= 4 is 23.3 Å². The second-order valence-corrected chi connectivity index (χ2v) is 5.25. The van der Waals surface area contributed by atoms with Crippen LogP contribution in [0.3, 0.4) is 0 Å². The van der Waals surface area contributed by atoms with Gasteiger partial charge in [-0.2, -0.15) is 0 Å². The number of carbonyl (C=O) groups is 3. The first-order valence-corrected chi connectivity index (χ1v) is 7.09. The highest BCUT2D eigenvalue weighted by atomic mass is 16.6. The highest BCUT2D eigenvalue weighted by Crippen LogP contribution is 2.36. The van der Waals surface area contributed by atoms with Crippen LogP contribution in [0.25, 0.3) is 0 Å². The normalized spacial score (nSPS) is 19.5. The molecule has 2 N–H and O–H groups in total. The van der Waals surface area contributed by atoms with Crippen LogP contribution in [0.5, 0.6) is 11.5 Å². The topological polar surface area (TPSA) is 93.7 Å². The summed E-state index contributed by atoms with van der Waals surface area (Å²) in [5.74, 6) is 0.299. The van der Waals surface area contributed by atoms with Gasteiger partial charge >= 0.3 is 0 Å². The molecule has 116 valence electrons. The molecule has 2 heterocycles. The van der Waals surface area contributed by atoms with E-state index in [0.717, 1.165) is 0 Å². The standard InChI is InChI=1S/C15H16N2O5/c1-8(18)9-6-12-13(22-5-4-21-12)7-11(9)17-15(20)10-2-3-14(19)16-10/h6-7,10H,2-5H2,1H3,(H,16,19)(H,17,20)/t10-/m0/s1. The van der Waals surface area contributed by atoms with Gasteiger partial charge in [-0.05, 0) is 19.4 Å². The summed E-state index contributed by atoms with van der Waals surface area (Å²) in [6, 6.07) is 2.58. The second-order valence-electron chi connectivity index (χ2n) is 5.25. The molecule has 2 aliphatic heterocycles. The number of amides is 2. The Morgan fingerprint density at radius 1 is 1.23 bits per heavy atom. The molecule has 7 nitrogen and oxygen atoms in total. The Bertz CT molecular complexity index is 656. The molecule has 7 heteroatoms. The fourth-order valence-electron chi connectivity index (χ4n) is 2.51. The molecular formula is C15H16N2O5.